The third-order valence-corrected chi connectivity index (χ3v) is 5.58. The minimum absolute atomic E-state index is 0.128. The summed E-state index contributed by atoms with van der Waals surface area (Å²) in [6.45, 7) is 1.85. The molecule has 1 aliphatic heterocycles. The van der Waals surface area contributed by atoms with Gasteiger partial charge in [0.05, 0.1) is 16.5 Å². The minimum atomic E-state index is -3.69. The highest BCUT2D eigenvalue weighted by Crippen LogP contribution is 2.24. The van der Waals surface area contributed by atoms with Gasteiger partial charge in [0.1, 0.15) is 0 Å². The number of sulfonamides is 1. The van der Waals surface area contributed by atoms with Gasteiger partial charge in [0.15, 0.2) is 0 Å². The number of amides is 1. The van der Waals surface area contributed by atoms with E-state index < -0.39 is 10.0 Å². The zero-order valence-electron chi connectivity index (χ0n) is 14.1. The first-order chi connectivity index (χ1) is 12.4. The van der Waals surface area contributed by atoms with Gasteiger partial charge in [-0.05, 0) is 54.4 Å². The Morgan fingerprint density at radius 2 is 1.96 bits per heavy atom. The van der Waals surface area contributed by atoms with Crippen LogP contribution in [0, 0.1) is 11.3 Å². The Bertz CT molecular complexity index is 978. The van der Waals surface area contributed by atoms with Gasteiger partial charge in [0.2, 0.25) is 15.9 Å². The monoisotopic (exact) mass is 370 g/mol. The maximum Gasteiger partial charge on any atom is 0.240 e. The summed E-state index contributed by atoms with van der Waals surface area (Å²) in [5.74, 6) is -0.220. The zero-order chi connectivity index (χ0) is 18.7. The zero-order valence-corrected chi connectivity index (χ0v) is 14.9. The molecule has 7 nitrogen and oxygen atoms in total. The largest absolute Gasteiger partial charge is 0.383 e. The minimum Gasteiger partial charge on any atom is -0.383 e. The number of nitrogens with zero attached hydrogens (tertiary/aromatic N) is 1. The summed E-state index contributed by atoms with van der Waals surface area (Å²) in [6, 6.07) is 13.1. The van der Waals surface area contributed by atoms with Gasteiger partial charge in [0, 0.05) is 30.9 Å². The summed E-state index contributed by atoms with van der Waals surface area (Å²) >= 11 is 0. The molecule has 1 amide bonds. The van der Waals surface area contributed by atoms with Crippen LogP contribution in [0.4, 0.5) is 11.4 Å². The number of benzene rings is 2. The van der Waals surface area contributed by atoms with E-state index in [4.69, 9.17) is 5.26 Å². The molecular formula is C18H18N4O3S. The van der Waals surface area contributed by atoms with Gasteiger partial charge in [-0.2, -0.15) is 5.26 Å². The molecule has 3 N–H and O–H groups in total. The average Bonchev–Trinajstić information content (AvgIpc) is 2.60. The molecule has 0 bridgehead atoms. The predicted molar refractivity (Wildman–Crippen MR) is 98.2 cm³/mol. The van der Waals surface area contributed by atoms with Crippen molar-refractivity contribution in [2.75, 3.05) is 17.2 Å². The Hall–Kier alpha value is -2.89. The highest BCUT2D eigenvalue weighted by atomic mass is 32.2. The van der Waals surface area contributed by atoms with Crippen molar-refractivity contribution >= 4 is 27.3 Å². The van der Waals surface area contributed by atoms with Crippen LogP contribution in [0.3, 0.4) is 0 Å². The average molecular weight is 370 g/mol. The Kier molecular flexibility index (Phi) is 4.93. The Morgan fingerprint density at radius 3 is 2.62 bits per heavy atom. The molecule has 0 saturated carbocycles. The highest BCUT2D eigenvalue weighted by molar-refractivity contribution is 7.89. The second kappa shape index (κ2) is 7.15. The summed E-state index contributed by atoms with van der Waals surface area (Å²) in [5.41, 5.74) is 2.90. The number of fused-ring (bicyclic) bond motifs is 1. The van der Waals surface area contributed by atoms with Gasteiger partial charge >= 0.3 is 0 Å². The molecule has 3 rings (SSSR count). The van der Waals surface area contributed by atoms with Crippen LogP contribution in [0.15, 0.2) is 47.4 Å². The molecule has 134 valence electrons. The van der Waals surface area contributed by atoms with E-state index in [0.717, 1.165) is 11.3 Å². The fourth-order valence-electron chi connectivity index (χ4n) is 2.87. The fraction of sp³-hybridized carbons (Fsp3) is 0.222. The number of anilines is 2. The predicted octanol–water partition coefficient (Wildman–Crippen LogP) is 1.83. The molecule has 1 unspecified atom stereocenters. The van der Waals surface area contributed by atoms with Gasteiger partial charge in [-0.1, -0.05) is 0 Å². The number of carbonyl (C=O) groups excluding carboxylic acids is 1. The summed E-state index contributed by atoms with van der Waals surface area (Å²) < 4.78 is 27.9. The second-order valence-corrected chi connectivity index (χ2v) is 7.81. The topological polar surface area (TPSA) is 111 Å². The van der Waals surface area contributed by atoms with Crippen LogP contribution in [0.1, 0.15) is 18.1 Å². The molecule has 26 heavy (non-hydrogen) atoms. The molecule has 1 aliphatic rings. The molecule has 1 heterocycles. The van der Waals surface area contributed by atoms with Gasteiger partial charge in [-0.15, -0.1) is 0 Å². The number of hydrogen-bond donors (Lipinski definition) is 3. The number of nitrogens with one attached hydrogen (secondary N) is 3. The van der Waals surface area contributed by atoms with E-state index in [1.807, 2.05) is 6.07 Å². The molecule has 0 spiro atoms. The lowest BCUT2D eigenvalue weighted by Gasteiger charge is -2.27. The van der Waals surface area contributed by atoms with Crippen molar-refractivity contribution in [1.82, 2.24) is 4.72 Å². The van der Waals surface area contributed by atoms with Crippen molar-refractivity contribution in [2.45, 2.75) is 24.3 Å². The maximum absolute atomic E-state index is 12.6. The molecule has 0 saturated heterocycles. The van der Waals surface area contributed by atoms with Crippen LogP contribution in [0.5, 0.6) is 0 Å². The van der Waals surface area contributed by atoms with E-state index in [1.165, 1.54) is 19.1 Å². The van der Waals surface area contributed by atoms with Gasteiger partial charge in [0.25, 0.3) is 0 Å². The van der Waals surface area contributed by atoms with Crippen molar-refractivity contribution in [3.8, 4) is 6.07 Å². The first kappa shape index (κ1) is 17.9. The van der Waals surface area contributed by atoms with Gasteiger partial charge in [-0.3, -0.25) is 4.79 Å². The number of nitriles is 1. The number of carbonyl (C=O) groups is 1. The summed E-state index contributed by atoms with van der Waals surface area (Å²) in [4.78, 5) is 11.2. The van der Waals surface area contributed by atoms with Crippen molar-refractivity contribution in [3.63, 3.8) is 0 Å². The lowest BCUT2D eigenvalue weighted by Crippen LogP contribution is -2.43. The van der Waals surface area contributed by atoms with E-state index in [2.05, 4.69) is 21.4 Å². The van der Waals surface area contributed by atoms with Crippen molar-refractivity contribution in [2.24, 2.45) is 0 Å². The van der Waals surface area contributed by atoms with E-state index in [9.17, 15) is 13.2 Å². The van der Waals surface area contributed by atoms with Crippen LogP contribution in [0.2, 0.25) is 0 Å². The van der Waals surface area contributed by atoms with E-state index in [1.54, 1.807) is 24.3 Å². The highest BCUT2D eigenvalue weighted by Gasteiger charge is 2.24. The molecule has 8 heteroatoms. The molecule has 0 aliphatic carbocycles. The Morgan fingerprint density at radius 1 is 1.23 bits per heavy atom. The first-order valence-corrected chi connectivity index (χ1v) is 9.52. The SMILES string of the molecule is CC(=O)Nc1ccc(S(=O)(=O)NC2CNc3ccc(C#N)cc3C2)cc1. The third kappa shape index (κ3) is 4.02. The third-order valence-electron chi connectivity index (χ3n) is 4.05. The molecule has 1 atom stereocenters. The molecular weight excluding hydrogens is 352 g/mol. The standard InChI is InChI=1S/C18H18N4O3S/c1-12(23)21-15-3-5-17(6-4-15)26(24,25)22-16-9-14-8-13(10-19)2-7-18(14)20-11-16/h2-8,16,20,22H,9,11H2,1H3,(H,21,23). The van der Waals surface area contributed by atoms with E-state index >= 15 is 0 Å². The molecule has 2 aromatic rings. The van der Waals surface area contributed by atoms with Crippen molar-refractivity contribution < 1.29 is 13.2 Å². The lowest BCUT2D eigenvalue weighted by atomic mass is 9.98. The Balaban J connectivity index is 1.73. The summed E-state index contributed by atoms with van der Waals surface area (Å²) in [7, 11) is -3.69. The molecule has 0 radical (unpaired) electrons. The van der Waals surface area contributed by atoms with Crippen LogP contribution < -0.4 is 15.4 Å². The maximum atomic E-state index is 12.6. The fourth-order valence-corrected chi connectivity index (χ4v) is 4.10. The number of rotatable bonds is 4. The normalized spacial score (nSPS) is 16.1. The first-order valence-electron chi connectivity index (χ1n) is 8.04. The van der Waals surface area contributed by atoms with Crippen LogP contribution >= 0.6 is 0 Å². The summed E-state index contributed by atoms with van der Waals surface area (Å²) in [6.07, 6.45) is 0.501. The lowest BCUT2D eigenvalue weighted by molar-refractivity contribution is -0.114. The Labute approximate surface area is 152 Å². The second-order valence-electron chi connectivity index (χ2n) is 6.09. The van der Waals surface area contributed by atoms with Gasteiger partial charge in [-0.25, -0.2) is 13.1 Å². The van der Waals surface area contributed by atoms with E-state index in [-0.39, 0.29) is 16.8 Å². The van der Waals surface area contributed by atoms with Crippen LogP contribution in [0.25, 0.3) is 0 Å². The molecule has 0 fully saturated rings. The molecule has 2 aromatic carbocycles. The van der Waals surface area contributed by atoms with Gasteiger partial charge < -0.3 is 10.6 Å². The van der Waals surface area contributed by atoms with Crippen LogP contribution in [-0.2, 0) is 21.2 Å². The quantitative estimate of drug-likeness (QED) is 0.760. The van der Waals surface area contributed by atoms with Crippen molar-refractivity contribution in [1.29, 1.82) is 5.26 Å². The summed E-state index contributed by atoms with van der Waals surface area (Å²) in [5, 5.41) is 14.8. The molecule has 0 aromatic heterocycles. The van der Waals surface area contributed by atoms with Crippen LogP contribution in [-0.4, -0.2) is 26.9 Å². The van der Waals surface area contributed by atoms with Crippen molar-refractivity contribution in [3.05, 3.63) is 53.6 Å². The van der Waals surface area contributed by atoms with E-state index in [0.29, 0.717) is 24.2 Å². The number of hydrogen-bond acceptors (Lipinski definition) is 5. The smallest absolute Gasteiger partial charge is 0.240 e.